The van der Waals surface area contributed by atoms with Crippen LogP contribution < -0.4 is 10.6 Å². The van der Waals surface area contributed by atoms with Crippen molar-refractivity contribution >= 4 is 18.3 Å². The standard InChI is InChI=1S/C13H26N2O2.ClH/c1-10(8-14-3)12(17)15-9-13(2)7-5-4-6-11(13)16;/h10-11,14,16H,4-9H2,1-3H3,(H,15,17);1H. The lowest BCUT2D eigenvalue weighted by molar-refractivity contribution is -0.125. The summed E-state index contributed by atoms with van der Waals surface area (Å²) >= 11 is 0. The van der Waals surface area contributed by atoms with Crippen LogP contribution in [0.2, 0.25) is 0 Å². The normalized spacial score (nSPS) is 29.2. The maximum Gasteiger partial charge on any atom is 0.224 e. The summed E-state index contributed by atoms with van der Waals surface area (Å²) in [6.07, 6.45) is 3.82. The molecule has 0 aromatic rings. The van der Waals surface area contributed by atoms with Gasteiger partial charge in [-0.05, 0) is 19.9 Å². The number of hydrogen-bond donors (Lipinski definition) is 3. The first-order valence-corrected chi connectivity index (χ1v) is 6.60. The molecule has 3 N–H and O–H groups in total. The summed E-state index contributed by atoms with van der Waals surface area (Å²) in [5.41, 5.74) is -0.146. The molecule has 0 radical (unpaired) electrons. The first-order valence-electron chi connectivity index (χ1n) is 6.60. The van der Waals surface area contributed by atoms with Crippen molar-refractivity contribution < 1.29 is 9.90 Å². The number of hydrogen-bond acceptors (Lipinski definition) is 3. The minimum absolute atomic E-state index is 0. The van der Waals surface area contributed by atoms with Crippen LogP contribution in [0.4, 0.5) is 0 Å². The Morgan fingerprint density at radius 2 is 2.17 bits per heavy atom. The van der Waals surface area contributed by atoms with Crippen LogP contribution in [0.1, 0.15) is 39.5 Å². The summed E-state index contributed by atoms with van der Waals surface area (Å²) in [6.45, 7) is 5.25. The van der Waals surface area contributed by atoms with Crippen molar-refractivity contribution in [3.8, 4) is 0 Å². The lowest BCUT2D eigenvalue weighted by Gasteiger charge is -2.38. The van der Waals surface area contributed by atoms with Gasteiger partial charge in [0.2, 0.25) is 5.91 Å². The summed E-state index contributed by atoms with van der Waals surface area (Å²) in [4.78, 5) is 11.8. The zero-order valence-electron chi connectivity index (χ0n) is 11.7. The van der Waals surface area contributed by atoms with Crippen LogP contribution in [0.3, 0.4) is 0 Å². The second-order valence-corrected chi connectivity index (χ2v) is 5.59. The fraction of sp³-hybridized carbons (Fsp3) is 0.923. The van der Waals surface area contributed by atoms with Gasteiger partial charge in [0.15, 0.2) is 0 Å². The molecule has 1 fully saturated rings. The van der Waals surface area contributed by atoms with Gasteiger partial charge in [-0.3, -0.25) is 4.79 Å². The van der Waals surface area contributed by atoms with E-state index >= 15 is 0 Å². The zero-order valence-corrected chi connectivity index (χ0v) is 12.5. The van der Waals surface area contributed by atoms with Crippen molar-refractivity contribution in [3.63, 3.8) is 0 Å². The molecular weight excluding hydrogens is 252 g/mol. The highest BCUT2D eigenvalue weighted by Crippen LogP contribution is 2.35. The smallest absolute Gasteiger partial charge is 0.224 e. The van der Waals surface area contributed by atoms with Crippen molar-refractivity contribution in [2.24, 2.45) is 11.3 Å². The monoisotopic (exact) mass is 278 g/mol. The largest absolute Gasteiger partial charge is 0.392 e. The maximum absolute atomic E-state index is 11.8. The molecule has 1 amide bonds. The van der Waals surface area contributed by atoms with Crippen LogP contribution in [0.25, 0.3) is 0 Å². The predicted octanol–water partition coefficient (Wildman–Crippen LogP) is 1.32. The minimum atomic E-state index is -0.281. The molecule has 3 unspecified atom stereocenters. The molecule has 0 aromatic carbocycles. The van der Waals surface area contributed by atoms with E-state index in [2.05, 4.69) is 17.6 Å². The van der Waals surface area contributed by atoms with Crippen LogP contribution in [0.5, 0.6) is 0 Å². The van der Waals surface area contributed by atoms with Gasteiger partial charge in [-0.15, -0.1) is 12.4 Å². The molecule has 0 bridgehead atoms. The number of carbonyl (C=O) groups is 1. The van der Waals surface area contributed by atoms with Gasteiger partial charge in [-0.25, -0.2) is 0 Å². The number of carbonyl (C=O) groups excluding carboxylic acids is 1. The Bertz CT molecular complexity index is 263. The SMILES string of the molecule is CNCC(C)C(=O)NCC1(C)CCCCC1O.Cl. The van der Waals surface area contributed by atoms with Crippen LogP contribution in [0, 0.1) is 11.3 Å². The number of aliphatic hydroxyl groups is 1. The van der Waals surface area contributed by atoms with E-state index in [1.807, 2.05) is 14.0 Å². The third kappa shape index (κ3) is 4.75. The summed E-state index contributed by atoms with van der Waals surface area (Å²) in [5, 5.41) is 16.0. The average Bonchev–Trinajstić information content (AvgIpc) is 2.30. The molecule has 18 heavy (non-hydrogen) atoms. The first-order chi connectivity index (χ1) is 7.99. The van der Waals surface area contributed by atoms with E-state index in [1.54, 1.807) is 0 Å². The van der Waals surface area contributed by atoms with Crippen LogP contribution >= 0.6 is 12.4 Å². The number of aliphatic hydroxyl groups excluding tert-OH is 1. The number of halogens is 1. The van der Waals surface area contributed by atoms with Crippen molar-refractivity contribution in [2.75, 3.05) is 20.1 Å². The Labute approximate surface area is 116 Å². The number of rotatable bonds is 5. The molecule has 108 valence electrons. The Hall–Kier alpha value is -0.320. The molecule has 0 saturated heterocycles. The summed E-state index contributed by atoms with van der Waals surface area (Å²) in [5.74, 6) is 0.0441. The number of amides is 1. The molecular formula is C13H27ClN2O2. The molecule has 0 spiro atoms. The Morgan fingerprint density at radius 1 is 1.50 bits per heavy atom. The second kappa shape index (κ2) is 7.97. The van der Waals surface area contributed by atoms with Crippen molar-refractivity contribution in [2.45, 2.75) is 45.6 Å². The first kappa shape index (κ1) is 17.7. The molecule has 3 atom stereocenters. The van der Waals surface area contributed by atoms with Crippen LogP contribution in [-0.4, -0.2) is 37.3 Å². The van der Waals surface area contributed by atoms with E-state index in [1.165, 1.54) is 0 Å². The topological polar surface area (TPSA) is 61.4 Å². The molecule has 1 aliphatic rings. The van der Waals surface area contributed by atoms with Gasteiger partial charge in [0.1, 0.15) is 0 Å². The van der Waals surface area contributed by atoms with Crippen LogP contribution in [-0.2, 0) is 4.79 Å². The second-order valence-electron chi connectivity index (χ2n) is 5.59. The van der Waals surface area contributed by atoms with Gasteiger partial charge >= 0.3 is 0 Å². The van der Waals surface area contributed by atoms with Crippen molar-refractivity contribution in [1.29, 1.82) is 0 Å². The fourth-order valence-corrected chi connectivity index (χ4v) is 2.45. The molecule has 0 aromatic heterocycles. The Kier molecular flexibility index (Phi) is 7.83. The van der Waals surface area contributed by atoms with Gasteiger partial charge in [0.05, 0.1) is 6.10 Å². The quantitative estimate of drug-likeness (QED) is 0.711. The lowest BCUT2D eigenvalue weighted by atomic mass is 9.73. The third-order valence-corrected chi connectivity index (χ3v) is 3.90. The minimum Gasteiger partial charge on any atom is -0.392 e. The highest BCUT2D eigenvalue weighted by atomic mass is 35.5. The van der Waals surface area contributed by atoms with E-state index in [0.717, 1.165) is 25.7 Å². The molecule has 1 aliphatic carbocycles. The van der Waals surface area contributed by atoms with Crippen LogP contribution in [0.15, 0.2) is 0 Å². The molecule has 4 nitrogen and oxygen atoms in total. The van der Waals surface area contributed by atoms with E-state index in [-0.39, 0.29) is 35.8 Å². The summed E-state index contributed by atoms with van der Waals surface area (Å²) in [6, 6.07) is 0. The molecule has 1 rings (SSSR count). The zero-order chi connectivity index (χ0) is 12.9. The number of nitrogens with one attached hydrogen (secondary N) is 2. The summed E-state index contributed by atoms with van der Waals surface area (Å²) in [7, 11) is 1.84. The predicted molar refractivity (Wildman–Crippen MR) is 75.9 cm³/mol. The van der Waals surface area contributed by atoms with Crippen molar-refractivity contribution in [1.82, 2.24) is 10.6 Å². The van der Waals surface area contributed by atoms with Gasteiger partial charge in [0, 0.05) is 24.4 Å². The van der Waals surface area contributed by atoms with Gasteiger partial charge in [0.25, 0.3) is 0 Å². The average molecular weight is 279 g/mol. The molecule has 1 saturated carbocycles. The summed E-state index contributed by atoms with van der Waals surface area (Å²) < 4.78 is 0. The Morgan fingerprint density at radius 3 is 2.72 bits per heavy atom. The van der Waals surface area contributed by atoms with E-state index in [9.17, 15) is 9.90 Å². The highest BCUT2D eigenvalue weighted by molar-refractivity contribution is 5.85. The molecule has 0 aliphatic heterocycles. The van der Waals surface area contributed by atoms with Gasteiger partial charge < -0.3 is 15.7 Å². The third-order valence-electron chi connectivity index (χ3n) is 3.90. The van der Waals surface area contributed by atoms with E-state index in [0.29, 0.717) is 13.1 Å². The highest BCUT2D eigenvalue weighted by Gasteiger charge is 2.35. The maximum atomic E-state index is 11.8. The van der Waals surface area contributed by atoms with Gasteiger partial charge in [-0.1, -0.05) is 26.7 Å². The molecule has 0 heterocycles. The molecule has 5 heteroatoms. The Balaban J connectivity index is 0.00000289. The van der Waals surface area contributed by atoms with Gasteiger partial charge in [-0.2, -0.15) is 0 Å². The van der Waals surface area contributed by atoms with E-state index in [4.69, 9.17) is 0 Å². The fourth-order valence-electron chi connectivity index (χ4n) is 2.45. The van der Waals surface area contributed by atoms with E-state index < -0.39 is 0 Å². The van der Waals surface area contributed by atoms with Crippen molar-refractivity contribution in [3.05, 3.63) is 0 Å². The lowest BCUT2D eigenvalue weighted by Crippen LogP contribution is -2.47.